The van der Waals surface area contributed by atoms with Gasteiger partial charge in [-0.25, -0.2) is 0 Å². The van der Waals surface area contributed by atoms with Gasteiger partial charge in [-0.2, -0.15) is 0 Å². The second kappa shape index (κ2) is 10.2. The SMILES string of the molecule is C#C.C=C1C(C2CCC(C(/C=C\CC)=C/C)CC2)=C(C)Cc2ccccc21. The van der Waals surface area contributed by atoms with E-state index in [0.717, 1.165) is 18.8 Å². The maximum absolute atomic E-state index is 4.49. The van der Waals surface area contributed by atoms with E-state index in [9.17, 15) is 0 Å². The number of rotatable bonds is 4. The Hall–Kier alpha value is -2.26. The lowest BCUT2D eigenvalue weighted by molar-refractivity contribution is 0.339. The van der Waals surface area contributed by atoms with Crippen LogP contribution >= 0.6 is 0 Å². The van der Waals surface area contributed by atoms with Crippen LogP contribution in [0, 0.1) is 24.7 Å². The summed E-state index contributed by atoms with van der Waals surface area (Å²) >= 11 is 0. The van der Waals surface area contributed by atoms with Crippen LogP contribution in [0.5, 0.6) is 0 Å². The molecule has 0 heteroatoms. The van der Waals surface area contributed by atoms with E-state index in [2.05, 4.69) is 82.7 Å². The molecule has 0 bridgehead atoms. The third-order valence-electron chi connectivity index (χ3n) is 6.07. The predicted molar refractivity (Wildman–Crippen MR) is 120 cm³/mol. The zero-order chi connectivity index (χ0) is 19.8. The van der Waals surface area contributed by atoms with E-state index in [1.807, 2.05) is 0 Å². The highest BCUT2D eigenvalue weighted by molar-refractivity contribution is 5.82. The molecule has 0 saturated heterocycles. The molecule has 0 aliphatic heterocycles. The molecule has 1 saturated carbocycles. The molecule has 0 radical (unpaired) electrons. The fourth-order valence-corrected chi connectivity index (χ4v) is 4.78. The van der Waals surface area contributed by atoms with Crippen LogP contribution in [0.3, 0.4) is 0 Å². The van der Waals surface area contributed by atoms with Gasteiger partial charge in [0.2, 0.25) is 0 Å². The molecular weight excluding hydrogens is 324 g/mol. The number of terminal acetylenes is 1. The van der Waals surface area contributed by atoms with Crippen molar-refractivity contribution in [1.29, 1.82) is 0 Å². The molecule has 0 aromatic heterocycles. The second-order valence-corrected chi connectivity index (χ2v) is 7.65. The molecule has 0 nitrogen and oxygen atoms in total. The van der Waals surface area contributed by atoms with Gasteiger partial charge in [0, 0.05) is 0 Å². The number of hydrogen-bond acceptors (Lipinski definition) is 0. The summed E-state index contributed by atoms with van der Waals surface area (Å²) in [5.74, 6) is 1.44. The van der Waals surface area contributed by atoms with Gasteiger partial charge >= 0.3 is 0 Å². The summed E-state index contributed by atoms with van der Waals surface area (Å²) in [4.78, 5) is 0. The minimum Gasteiger partial charge on any atom is -0.124 e. The summed E-state index contributed by atoms with van der Waals surface area (Å²) in [5, 5.41) is 0. The number of hydrogen-bond donors (Lipinski definition) is 0. The van der Waals surface area contributed by atoms with Crippen molar-refractivity contribution in [2.75, 3.05) is 0 Å². The Kier molecular flexibility index (Phi) is 7.93. The normalized spacial score (nSPS) is 23.0. The summed E-state index contributed by atoms with van der Waals surface area (Å²) in [6.45, 7) is 11.2. The van der Waals surface area contributed by atoms with Crippen molar-refractivity contribution >= 4 is 5.57 Å². The first kappa shape index (κ1) is 21.0. The molecule has 2 aliphatic rings. The van der Waals surface area contributed by atoms with Gasteiger partial charge in [-0.15, -0.1) is 12.8 Å². The van der Waals surface area contributed by atoms with Crippen LogP contribution in [-0.2, 0) is 6.42 Å². The van der Waals surface area contributed by atoms with E-state index in [4.69, 9.17) is 0 Å². The average molecular weight is 359 g/mol. The molecule has 142 valence electrons. The van der Waals surface area contributed by atoms with Crippen LogP contribution in [0.1, 0.15) is 64.0 Å². The highest BCUT2D eigenvalue weighted by Crippen LogP contribution is 2.45. The Morgan fingerprint density at radius 2 is 1.81 bits per heavy atom. The Labute approximate surface area is 166 Å². The first-order valence-electron chi connectivity index (χ1n) is 10.3. The van der Waals surface area contributed by atoms with Crippen LogP contribution in [-0.4, -0.2) is 0 Å². The smallest absolute Gasteiger partial charge is 0.00576 e. The second-order valence-electron chi connectivity index (χ2n) is 7.65. The Morgan fingerprint density at radius 3 is 2.44 bits per heavy atom. The maximum atomic E-state index is 4.49. The summed E-state index contributed by atoms with van der Waals surface area (Å²) in [6.07, 6.45) is 22.4. The molecule has 0 amide bonds. The van der Waals surface area contributed by atoms with Gasteiger partial charge in [-0.1, -0.05) is 61.6 Å². The predicted octanol–water partition coefficient (Wildman–Crippen LogP) is 7.54. The lowest BCUT2D eigenvalue weighted by atomic mass is 9.70. The van der Waals surface area contributed by atoms with Gasteiger partial charge in [-0.3, -0.25) is 0 Å². The Balaban J connectivity index is 0.00000126. The van der Waals surface area contributed by atoms with E-state index >= 15 is 0 Å². The Morgan fingerprint density at radius 1 is 1.15 bits per heavy atom. The summed E-state index contributed by atoms with van der Waals surface area (Å²) in [7, 11) is 0. The van der Waals surface area contributed by atoms with Crippen LogP contribution in [0.15, 0.2) is 65.8 Å². The van der Waals surface area contributed by atoms with Crippen LogP contribution in [0.2, 0.25) is 0 Å². The minimum absolute atomic E-state index is 0.699. The quantitative estimate of drug-likeness (QED) is 0.385. The molecule has 3 rings (SSSR count). The van der Waals surface area contributed by atoms with E-state index < -0.39 is 0 Å². The van der Waals surface area contributed by atoms with Gasteiger partial charge in [0.05, 0.1) is 0 Å². The number of fused-ring (bicyclic) bond motifs is 1. The van der Waals surface area contributed by atoms with E-state index in [0.29, 0.717) is 5.92 Å². The minimum atomic E-state index is 0.699. The maximum Gasteiger partial charge on any atom is -0.00576 e. The fourth-order valence-electron chi connectivity index (χ4n) is 4.78. The standard InChI is InChI=1S/C25H32.C2H2/c1-5-7-10-20(6-2)21-13-15-22(16-14-21)25-18(3)17-23-11-8-9-12-24(23)19(25)4;1-2/h6-12,21-22H,4-5,13-17H2,1-3H3;1-2H/b10-7-,20-6+;. The van der Waals surface area contributed by atoms with E-state index in [1.165, 1.54) is 42.4 Å². The third kappa shape index (κ3) is 4.72. The van der Waals surface area contributed by atoms with Gasteiger partial charge in [0.15, 0.2) is 0 Å². The van der Waals surface area contributed by atoms with Crippen LogP contribution in [0.25, 0.3) is 5.57 Å². The highest BCUT2D eigenvalue weighted by atomic mass is 14.3. The number of benzene rings is 1. The summed E-state index contributed by atoms with van der Waals surface area (Å²) in [6, 6.07) is 8.81. The molecule has 1 aromatic rings. The van der Waals surface area contributed by atoms with Crippen molar-refractivity contribution < 1.29 is 0 Å². The lowest BCUT2D eigenvalue weighted by Gasteiger charge is -2.35. The average Bonchev–Trinajstić information content (AvgIpc) is 2.71. The first-order chi connectivity index (χ1) is 13.2. The molecule has 2 aliphatic carbocycles. The lowest BCUT2D eigenvalue weighted by Crippen LogP contribution is -2.20. The van der Waals surface area contributed by atoms with Gasteiger partial charge in [0.1, 0.15) is 0 Å². The van der Waals surface area contributed by atoms with E-state index in [-0.39, 0.29) is 0 Å². The molecule has 1 fully saturated rings. The molecule has 27 heavy (non-hydrogen) atoms. The van der Waals surface area contributed by atoms with Crippen molar-refractivity contribution in [3.63, 3.8) is 0 Å². The van der Waals surface area contributed by atoms with Crippen LogP contribution in [0.4, 0.5) is 0 Å². The van der Waals surface area contributed by atoms with E-state index in [1.54, 1.807) is 16.7 Å². The van der Waals surface area contributed by atoms with Gasteiger partial charge < -0.3 is 0 Å². The zero-order valence-electron chi connectivity index (χ0n) is 17.3. The van der Waals surface area contributed by atoms with Crippen LogP contribution < -0.4 is 0 Å². The molecule has 0 N–H and O–H groups in total. The largest absolute Gasteiger partial charge is 0.124 e. The Bertz CT molecular complexity index is 758. The monoisotopic (exact) mass is 358 g/mol. The fraction of sp³-hybridized carbons (Fsp3) is 0.407. The molecular formula is C27H34. The van der Waals surface area contributed by atoms with Gasteiger partial charge in [-0.05, 0) is 92.1 Å². The summed E-state index contributed by atoms with van der Waals surface area (Å²) in [5.41, 5.74) is 8.78. The topological polar surface area (TPSA) is 0 Å². The zero-order valence-corrected chi connectivity index (χ0v) is 17.3. The molecule has 0 unspecified atom stereocenters. The molecule has 1 aromatic carbocycles. The third-order valence-corrected chi connectivity index (χ3v) is 6.07. The van der Waals surface area contributed by atoms with Crippen molar-refractivity contribution in [1.82, 2.24) is 0 Å². The van der Waals surface area contributed by atoms with Crippen molar-refractivity contribution in [2.45, 2.75) is 59.3 Å². The molecule has 0 spiro atoms. The highest BCUT2D eigenvalue weighted by Gasteiger charge is 2.29. The van der Waals surface area contributed by atoms with Crippen molar-refractivity contribution in [3.05, 3.63) is 76.9 Å². The van der Waals surface area contributed by atoms with Crippen molar-refractivity contribution in [2.24, 2.45) is 11.8 Å². The van der Waals surface area contributed by atoms with Crippen molar-refractivity contribution in [3.8, 4) is 12.8 Å². The molecule has 0 heterocycles. The van der Waals surface area contributed by atoms with Gasteiger partial charge in [0.25, 0.3) is 0 Å². The summed E-state index contributed by atoms with van der Waals surface area (Å²) < 4.78 is 0. The molecule has 0 atom stereocenters. The first-order valence-corrected chi connectivity index (χ1v) is 10.3. The number of allylic oxidation sites excluding steroid dienone is 7.